The van der Waals surface area contributed by atoms with Crippen molar-refractivity contribution in [3.8, 4) is 0 Å². The van der Waals surface area contributed by atoms with Gasteiger partial charge in [0.2, 0.25) is 0 Å². The van der Waals surface area contributed by atoms with Crippen LogP contribution in [0.2, 0.25) is 0 Å². The van der Waals surface area contributed by atoms with Gasteiger partial charge in [0, 0.05) is 6.04 Å². The Bertz CT molecular complexity index is 219. The number of amides is 2. The highest BCUT2D eigenvalue weighted by Gasteiger charge is 2.17. The lowest BCUT2D eigenvalue weighted by Gasteiger charge is -2.16. The van der Waals surface area contributed by atoms with Crippen molar-refractivity contribution in [1.29, 1.82) is 0 Å². The number of carbonyl (C=O) groups excluding carboxylic acids is 1. The topological polar surface area (TPSA) is 78.4 Å². The van der Waals surface area contributed by atoms with Crippen LogP contribution in [0.3, 0.4) is 0 Å². The Hall–Kier alpha value is -1.26. The molecule has 0 saturated heterocycles. The van der Waals surface area contributed by atoms with Gasteiger partial charge in [-0.15, -0.1) is 0 Å². The van der Waals surface area contributed by atoms with E-state index in [4.69, 9.17) is 5.11 Å². The third kappa shape index (κ3) is 5.93. The predicted octanol–water partition coefficient (Wildman–Crippen LogP) is 1.34. The Labute approximate surface area is 90.2 Å². The number of rotatable bonds is 6. The highest BCUT2D eigenvalue weighted by molar-refractivity contribution is 5.82. The summed E-state index contributed by atoms with van der Waals surface area (Å²) in [4.78, 5) is 22.0. The molecule has 0 aromatic carbocycles. The number of carboxylic acids is 1. The summed E-state index contributed by atoms with van der Waals surface area (Å²) >= 11 is 0. The van der Waals surface area contributed by atoms with Crippen LogP contribution >= 0.6 is 0 Å². The van der Waals surface area contributed by atoms with Gasteiger partial charge in [-0.2, -0.15) is 0 Å². The van der Waals surface area contributed by atoms with E-state index in [0.29, 0.717) is 6.42 Å². The maximum absolute atomic E-state index is 11.3. The molecule has 88 valence electrons. The van der Waals surface area contributed by atoms with Crippen LogP contribution in [0.5, 0.6) is 0 Å². The fourth-order valence-electron chi connectivity index (χ4n) is 1.27. The lowest BCUT2D eigenvalue weighted by molar-refractivity contribution is -0.139. The average molecular weight is 216 g/mol. The zero-order valence-corrected chi connectivity index (χ0v) is 9.54. The molecular weight excluding hydrogens is 196 g/mol. The van der Waals surface area contributed by atoms with Gasteiger partial charge in [-0.3, -0.25) is 0 Å². The molecule has 0 saturated carbocycles. The van der Waals surface area contributed by atoms with E-state index in [0.717, 1.165) is 12.8 Å². The van der Waals surface area contributed by atoms with Crippen molar-refractivity contribution < 1.29 is 14.7 Å². The maximum atomic E-state index is 11.3. The Balaban J connectivity index is 3.96. The number of hydrogen-bond donors (Lipinski definition) is 3. The molecule has 1 unspecified atom stereocenters. The van der Waals surface area contributed by atoms with Crippen molar-refractivity contribution in [1.82, 2.24) is 10.6 Å². The van der Waals surface area contributed by atoms with E-state index in [-0.39, 0.29) is 6.04 Å². The molecule has 2 amide bonds. The van der Waals surface area contributed by atoms with Crippen LogP contribution in [0.25, 0.3) is 0 Å². The standard InChI is InChI=1S/C10H20N2O3/c1-4-6-7(3)11-10(15)12-8(5-2)9(13)14/h7-8H,4-6H2,1-3H3,(H,13,14)(H2,11,12,15)/t7?,8-/m1/s1. The van der Waals surface area contributed by atoms with Crippen LogP contribution in [0.15, 0.2) is 0 Å². The molecular formula is C10H20N2O3. The third-order valence-corrected chi connectivity index (χ3v) is 2.11. The van der Waals surface area contributed by atoms with E-state index in [1.807, 2.05) is 13.8 Å². The molecule has 5 heteroatoms. The van der Waals surface area contributed by atoms with Crippen molar-refractivity contribution in [2.75, 3.05) is 0 Å². The van der Waals surface area contributed by atoms with Crippen LogP contribution < -0.4 is 10.6 Å². The first-order valence-electron chi connectivity index (χ1n) is 5.31. The van der Waals surface area contributed by atoms with Gasteiger partial charge in [-0.05, 0) is 19.8 Å². The van der Waals surface area contributed by atoms with E-state index in [2.05, 4.69) is 10.6 Å². The van der Waals surface area contributed by atoms with Crippen molar-refractivity contribution in [3.05, 3.63) is 0 Å². The third-order valence-electron chi connectivity index (χ3n) is 2.11. The first kappa shape index (κ1) is 13.7. The summed E-state index contributed by atoms with van der Waals surface area (Å²) in [5.74, 6) is -1.00. The zero-order valence-electron chi connectivity index (χ0n) is 9.54. The molecule has 0 aliphatic carbocycles. The van der Waals surface area contributed by atoms with Crippen molar-refractivity contribution in [3.63, 3.8) is 0 Å². The monoisotopic (exact) mass is 216 g/mol. The molecule has 0 fully saturated rings. The molecule has 3 N–H and O–H groups in total. The summed E-state index contributed by atoms with van der Waals surface area (Å²) in [6.45, 7) is 5.64. The molecule has 5 nitrogen and oxygen atoms in total. The fourth-order valence-corrected chi connectivity index (χ4v) is 1.27. The second kappa shape index (κ2) is 7.09. The Morgan fingerprint density at radius 2 is 1.87 bits per heavy atom. The predicted molar refractivity (Wildman–Crippen MR) is 57.8 cm³/mol. The molecule has 0 aliphatic heterocycles. The Morgan fingerprint density at radius 1 is 1.27 bits per heavy atom. The van der Waals surface area contributed by atoms with Gasteiger partial charge in [0.1, 0.15) is 6.04 Å². The number of carbonyl (C=O) groups is 2. The summed E-state index contributed by atoms with van der Waals surface area (Å²) < 4.78 is 0. The van der Waals surface area contributed by atoms with Gasteiger partial charge in [0.15, 0.2) is 0 Å². The quantitative estimate of drug-likeness (QED) is 0.627. The molecule has 0 rings (SSSR count). The van der Waals surface area contributed by atoms with E-state index in [1.165, 1.54) is 0 Å². The van der Waals surface area contributed by atoms with Gasteiger partial charge in [-0.1, -0.05) is 20.3 Å². The zero-order chi connectivity index (χ0) is 11.8. The first-order valence-corrected chi connectivity index (χ1v) is 5.31. The highest BCUT2D eigenvalue weighted by atomic mass is 16.4. The van der Waals surface area contributed by atoms with Crippen molar-refractivity contribution in [2.45, 2.75) is 52.1 Å². The molecule has 2 atom stereocenters. The van der Waals surface area contributed by atoms with Crippen molar-refractivity contribution >= 4 is 12.0 Å². The van der Waals surface area contributed by atoms with Gasteiger partial charge >= 0.3 is 12.0 Å². The first-order chi connectivity index (χ1) is 7.01. The number of aliphatic carboxylic acids is 1. The van der Waals surface area contributed by atoms with E-state index < -0.39 is 18.0 Å². The van der Waals surface area contributed by atoms with Crippen LogP contribution in [0, 0.1) is 0 Å². The van der Waals surface area contributed by atoms with Gasteiger partial charge in [0.25, 0.3) is 0 Å². The normalized spacial score (nSPS) is 14.1. The maximum Gasteiger partial charge on any atom is 0.326 e. The van der Waals surface area contributed by atoms with Crippen LogP contribution in [0.1, 0.15) is 40.0 Å². The van der Waals surface area contributed by atoms with E-state index >= 15 is 0 Å². The number of hydrogen-bond acceptors (Lipinski definition) is 2. The lowest BCUT2D eigenvalue weighted by Crippen LogP contribution is -2.48. The van der Waals surface area contributed by atoms with Crippen LogP contribution in [-0.2, 0) is 4.79 Å². The summed E-state index contributed by atoms with van der Waals surface area (Å²) in [6, 6.07) is -1.15. The molecule has 0 heterocycles. The largest absolute Gasteiger partial charge is 0.480 e. The number of nitrogens with one attached hydrogen (secondary N) is 2. The molecule has 0 bridgehead atoms. The minimum absolute atomic E-state index is 0.0706. The Morgan fingerprint density at radius 3 is 2.27 bits per heavy atom. The van der Waals surface area contributed by atoms with Crippen LogP contribution in [0.4, 0.5) is 4.79 Å². The molecule has 15 heavy (non-hydrogen) atoms. The number of carboxylic acid groups (broad SMARTS) is 1. The molecule has 0 aromatic heterocycles. The second-order valence-electron chi connectivity index (χ2n) is 3.61. The molecule has 0 aromatic rings. The van der Waals surface area contributed by atoms with Crippen LogP contribution in [-0.4, -0.2) is 29.2 Å². The summed E-state index contributed by atoms with van der Waals surface area (Å²) in [5.41, 5.74) is 0. The summed E-state index contributed by atoms with van der Waals surface area (Å²) in [7, 11) is 0. The van der Waals surface area contributed by atoms with Gasteiger partial charge < -0.3 is 15.7 Å². The van der Waals surface area contributed by atoms with E-state index in [9.17, 15) is 9.59 Å². The van der Waals surface area contributed by atoms with Gasteiger partial charge in [0.05, 0.1) is 0 Å². The average Bonchev–Trinajstić information content (AvgIpc) is 2.13. The van der Waals surface area contributed by atoms with Gasteiger partial charge in [-0.25, -0.2) is 9.59 Å². The summed E-state index contributed by atoms with van der Waals surface area (Å²) in [6.07, 6.45) is 2.25. The Kier molecular flexibility index (Phi) is 6.49. The number of urea groups is 1. The SMILES string of the molecule is CCCC(C)NC(=O)N[C@H](CC)C(=O)O. The summed E-state index contributed by atoms with van der Waals surface area (Å²) in [5, 5.41) is 13.8. The highest BCUT2D eigenvalue weighted by Crippen LogP contribution is 1.95. The smallest absolute Gasteiger partial charge is 0.326 e. The fraction of sp³-hybridized carbons (Fsp3) is 0.800. The second-order valence-corrected chi connectivity index (χ2v) is 3.61. The van der Waals surface area contributed by atoms with E-state index in [1.54, 1.807) is 6.92 Å². The minimum Gasteiger partial charge on any atom is -0.480 e. The molecule has 0 spiro atoms. The lowest BCUT2D eigenvalue weighted by atomic mass is 10.2. The molecule has 0 aliphatic rings. The minimum atomic E-state index is -1.00. The van der Waals surface area contributed by atoms with Crippen molar-refractivity contribution in [2.24, 2.45) is 0 Å². The molecule has 0 radical (unpaired) electrons.